The van der Waals surface area contributed by atoms with Crippen LogP contribution >= 0.6 is 0 Å². The summed E-state index contributed by atoms with van der Waals surface area (Å²) >= 11 is 0. The molecule has 110 valence electrons. The van der Waals surface area contributed by atoms with Crippen molar-refractivity contribution in [2.24, 2.45) is 4.99 Å². The number of fused-ring (bicyclic) bond motifs is 1. The van der Waals surface area contributed by atoms with Gasteiger partial charge in [0.1, 0.15) is 18.8 Å². The molecular weight excluding hydrogens is 270 g/mol. The highest BCUT2D eigenvalue weighted by molar-refractivity contribution is 6.09. The van der Waals surface area contributed by atoms with Crippen LogP contribution in [0.3, 0.4) is 0 Å². The van der Waals surface area contributed by atoms with Gasteiger partial charge in [0.15, 0.2) is 17.5 Å². The molecule has 4 rings (SSSR count). The van der Waals surface area contributed by atoms with E-state index >= 15 is 0 Å². The van der Waals surface area contributed by atoms with Gasteiger partial charge in [0, 0.05) is 0 Å². The lowest BCUT2D eigenvalue weighted by Gasteiger charge is -2.25. The van der Waals surface area contributed by atoms with E-state index in [1.165, 1.54) is 0 Å². The van der Waals surface area contributed by atoms with Crippen LogP contribution in [0.15, 0.2) is 23.2 Å². The third-order valence-electron chi connectivity index (χ3n) is 4.03. The minimum absolute atomic E-state index is 0.0985. The summed E-state index contributed by atoms with van der Waals surface area (Å²) in [4.78, 5) is 16.8. The number of amides is 1. The van der Waals surface area contributed by atoms with Crippen LogP contribution in [0.5, 0.6) is 11.5 Å². The van der Waals surface area contributed by atoms with Crippen LogP contribution in [0.4, 0.5) is 0 Å². The molecule has 1 saturated heterocycles. The van der Waals surface area contributed by atoms with Gasteiger partial charge < -0.3 is 14.8 Å². The van der Waals surface area contributed by atoms with Crippen molar-refractivity contribution in [2.45, 2.75) is 31.3 Å². The third-order valence-corrected chi connectivity index (χ3v) is 4.03. The van der Waals surface area contributed by atoms with Gasteiger partial charge in [0.2, 0.25) is 0 Å². The number of carbonyl (C=O) groups excluding carboxylic acids is 1. The van der Waals surface area contributed by atoms with Crippen molar-refractivity contribution in [1.29, 1.82) is 0 Å². The van der Waals surface area contributed by atoms with Gasteiger partial charge in [-0.3, -0.25) is 10.1 Å². The molecule has 1 amide bonds. The molecule has 1 aromatic rings. The smallest absolute Gasteiger partial charge is 0.256 e. The van der Waals surface area contributed by atoms with E-state index < -0.39 is 5.54 Å². The van der Waals surface area contributed by atoms with Crippen LogP contribution < -0.4 is 20.1 Å². The van der Waals surface area contributed by atoms with E-state index in [1.807, 2.05) is 25.1 Å². The second-order valence-electron chi connectivity index (χ2n) is 5.77. The zero-order valence-corrected chi connectivity index (χ0v) is 11.8. The Morgan fingerprint density at radius 1 is 1.24 bits per heavy atom. The van der Waals surface area contributed by atoms with Crippen molar-refractivity contribution in [1.82, 2.24) is 10.6 Å². The standard InChI is InChI=1S/C15H17N3O3/c1-15(13(19)17-14(18-15)16-10-3-4-10)9-2-5-11-12(8-9)21-7-6-20-11/h2,5,8,10H,3-4,6-7H2,1H3,(H2,16,17,18,19). The fourth-order valence-corrected chi connectivity index (χ4v) is 2.57. The minimum Gasteiger partial charge on any atom is -0.486 e. The molecule has 1 saturated carbocycles. The second kappa shape index (κ2) is 4.38. The number of carbonyl (C=O) groups is 1. The molecule has 0 radical (unpaired) electrons. The van der Waals surface area contributed by atoms with Crippen molar-refractivity contribution < 1.29 is 14.3 Å². The monoisotopic (exact) mass is 287 g/mol. The molecule has 6 heteroatoms. The lowest BCUT2D eigenvalue weighted by Crippen LogP contribution is -2.40. The summed E-state index contributed by atoms with van der Waals surface area (Å²) in [7, 11) is 0. The Morgan fingerprint density at radius 2 is 2.00 bits per heavy atom. The van der Waals surface area contributed by atoms with Crippen molar-refractivity contribution in [3.8, 4) is 11.5 Å². The molecule has 21 heavy (non-hydrogen) atoms. The Labute approximate surface area is 122 Å². The van der Waals surface area contributed by atoms with E-state index in [4.69, 9.17) is 9.47 Å². The number of hydrogen-bond acceptors (Lipinski definition) is 4. The first-order chi connectivity index (χ1) is 10.1. The van der Waals surface area contributed by atoms with Gasteiger partial charge >= 0.3 is 0 Å². The number of aliphatic imine (C=N–C) groups is 1. The molecule has 2 fully saturated rings. The van der Waals surface area contributed by atoms with Gasteiger partial charge in [-0.05, 0) is 37.5 Å². The van der Waals surface area contributed by atoms with E-state index in [2.05, 4.69) is 15.6 Å². The van der Waals surface area contributed by atoms with E-state index in [0.29, 0.717) is 31.0 Å². The number of nitrogens with zero attached hydrogens (tertiary/aromatic N) is 1. The van der Waals surface area contributed by atoms with E-state index in [-0.39, 0.29) is 5.91 Å². The Kier molecular flexibility index (Phi) is 2.60. The van der Waals surface area contributed by atoms with Gasteiger partial charge in [-0.25, -0.2) is 4.99 Å². The van der Waals surface area contributed by atoms with Gasteiger partial charge in [0.05, 0.1) is 6.04 Å². The maximum atomic E-state index is 12.4. The summed E-state index contributed by atoms with van der Waals surface area (Å²) in [5.41, 5.74) is 0.00839. The van der Waals surface area contributed by atoms with Crippen molar-refractivity contribution in [3.63, 3.8) is 0 Å². The number of guanidine groups is 1. The van der Waals surface area contributed by atoms with Gasteiger partial charge in [-0.2, -0.15) is 0 Å². The summed E-state index contributed by atoms with van der Waals surface area (Å²) in [6.07, 6.45) is 2.20. The highest BCUT2D eigenvalue weighted by Crippen LogP contribution is 2.35. The fraction of sp³-hybridized carbons (Fsp3) is 0.467. The molecule has 1 atom stereocenters. The number of benzene rings is 1. The Bertz CT molecular complexity index is 639. The Hall–Kier alpha value is -2.24. The molecule has 2 heterocycles. The van der Waals surface area contributed by atoms with Crippen LogP contribution in [-0.4, -0.2) is 31.1 Å². The predicted molar refractivity (Wildman–Crippen MR) is 76.5 cm³/mol. The van der Waals surface area contributed by atoms with E-state index in [0.717, 1.165) is 24.2 Å². The maximum absolute atomic E-state index is 12.4. The van der Waals surface area contributed by atoms with Crippen molar-refractivity contribution >= 4 is 11.9 Å². The minimum atomic E-state index is -0.830. The average Bonchev–Trinajstić information content (AvgIpc) is 3.25. The molecule has 0 aromatic heterocycles. The maximum Gasteiger partial charge on any atom is 0.256 e. The van der Waals surface area contributed by atoms with Crippen LogP contribution in [0.1, 0.15) is 25.3 Å². The third kappa shape index (κ3) is 2.11. The van der Waals surface area contributed by atoms with Crippen molar-refractivity contribution in [3.05, 3.63) is 23.8 Å². The number of rotatable bonds is 2. The van der Waals surface area contributed by atoms with Crippen LogP contribution in [0.25, 0.3) is 0 Å². The SMILES string of the molecule is CC1(c2ccc3c(c2)OCCO3)NC(=NC2CC2)NC1=O. The molecule has 2 N–H and O–H groups in total. The van der Waals surface area contributed by atoms with E-state index in [1.54, 1.807) is 0 Å². The molecule has 0 bridgehead atoms. The number of ether oxygens (including phenoxy) is 2. The van der Waals surface area contributed by atoms with Crippen LogP contribution in [0, 0.1) is 0 Å². The van der Waals surface area contributed by atoms with Crippen molar-refractivity contribution in [2.75, 3.05) is 13.2 Å². The summed E-state index contributed by atoms with van der Waals surface area (Å²) in [5.74, 6) is 1.87. The zero-order valence-electron chi connectivity index (χ0n) is 11.8. The number of nitrogens with one attached hydrogen (secondary N) is 2. The van der Waals surface area contributed by atoms with Crippen LogP contribution in [0.2, 0.25) is 0 Å². The number of hydrogen-bond donors (Lipinski definition) is 2. The summed E-state index contributed by atoms with van der Waals surface area (Å²) in [5, 5.41) is 6.03. The predicted octanol–water partition coefficient (Wildman–Crippen LogP) is 0.911. The molecule has 3 aliphatic rings. The summed E-state index contributed by atoms with van der Waals surface area (Å²) in [6.45, 7) is 2.94. The molecular formula is C15H17N3O3. The highest BCUT2D eigenvalue weighted by atomic mass is 16.6. The van der Waals surface area contributed by atoms with E-state index in [9.17, 15) is 4.79 Å². The van der Waals surface area contributed by atoms with Gasteiger partial charge in [-0.1, -0.05) is 6.07 Å². The lowest BCUT2D eigenvalue weighted by atomic mass is 9.92. The Balaban J connectivity index is 1.66. The van der Waals surface area contributed by atoms with Gasteiger partial charge in [-0.15, -0.1) is 0 Å². The normalized spacial score (nSPS) is 29.2. The topological polar surface area (TPSA) is 72.0 Å². The lowest BCUT2D eigenvalue weighted by molar-refractivity contribution is -0.123. The zero-order chi connectivity index (χ0) is 14.4. The second-order valence-corrected chi connectivity index (χ2v) is 5.77. The first-order valence-corrected chi connectivity index (χ1v) is 7.23. The first-order valence-electron chi connectivity index (χ1n) is 7.23. The fourth-order valence-electron chi connectivity index (χ4n) is 2.57. The highest BCUT2D eigenvalue weighted by Gasteiger charge is 2.43. The average molecular weight is 287 g/mol. The molecule has 6 nitrogen and oxygen atoms in total. The first kappa shape index (κ1) is 12.5. The summed E-state index contributed by atoms with van der Waals surface area (Å²) < 4.78 is 11.1. The molecule has 1 aromatic carbocycles. The molecule has 1 aliphatic carbocycles. The molecule has 1 unspecified atom stereocenters. The van der Waals surface area contributed by atoms with Gasteiger partial charge in [0.25, 0.3) is 5.91 Å². The largest absolute Gasteiger partial charge is 0.486 e. The Morgan fingerprint density at radius 3 is 2.76 bits per heavy atom. The summed E-state index contributed by atoms with van der Waals surface area (Å²) in [6, 6.07) is 5.96. The molecule has 2 aliphatic heterocycles. The van der Waals surface area contributed by atoms with Crippen LogP contribution in [-0.2, 0) is 10.3 Å². The quantitative estimate of drug-likeness (QED) is 0.848. The molecule has 0 spiro atoms.